The number of hydrogen-bond donors (Lipinski definition) is 0. The van der Waals surface area contributed by atoms with Gasteiger partial charge in [0, 0.05) is 120 Å². The molecule has 0 amide bonds. The normalized spacial score (nSPS) is 20.6. The molecule has 76 heavy (non-hydrogen) atoms. The molecule has 0 spiro atoms. The Labute approximate surface area is 444 Å². The van der Waals surface area contributed by atoms with Crippen LogP contribution in [0.5, 0.6) is 0 Å². The molecule has 12 heteroatoms. The fraction of sp³-hybridized carbons (Fsp3) is 0.375. The Bertz CT molecular complexity index is 3230. The number of nitrogens with zero attached hydrogens (tertiary/aromatic N) is 8. The van der Waals surface area contributed by atoms with Gasteiger partial charge in [-0.3, -0.25) is 29.5 Å². The van der Waals surface area contributed by atoms with Crippen LogP contribution in [0.25, 0.3) is 67.8 Å². The second kappa shape index (κ2) is 20.7. The molecule has 6 aliphatic rings. The molecule has 2 aromatic carbocycles. The number of carbonyl (C=O) groups is 2. The lowest BCUT2D eigenvalue weighted by atomic mass is 9.91. The number of pyridine rings is 4. The van der Waals surface area contributed by atoms with Crippen molar-refractivity contribution in [1.29, 1.82) is 0 Å². The number of carbonyl (C=O) groups excluding carboxylic acids is 2. The average molecular weight is 1010 g/mol. The van der Waals surface area contributed by atoms with E-state index in [4.69, 9.17) is 39.4 Å². The van der Waals surface area contributed by atoms with E-state index in [9.17, 15) is 9.59 Å². The summed E-state index contributed by atoms with van der Waals surface area (Å²) in [7, 11) is 0. The third kappa shape index (κ3) is 9.44. The molecule has 2 saturated heterocycles. The summed E-state index contributed by atoms with van der Waals surface area (Å²) in [4.78, 5) is 55.2. The molecule has 2 saturated carbocycles. The highest BCUT2D eigenvalue weighted by atomic mass is 16.5. The van der Waals surface area contributed by atoms with Crippen LogP contribution in [0, 0.1) is 25.7 Å². The minimum Gasteiger partial charge on any atom is -0.381 e. The lowest BCUT2D eigenvalue weighted by molar-refractivity contribution is 0.0596. The highest BCUT2D eigenvalue weighted by Gasteiger charge is 2.43. The lowest BCUT2D eigenvalue weighted by Gasteiger charge is -2.21. The summed E-state index contributed by atoms with van der Waals surface area (Å²) in [5.41, 5.74) is 15.6. The summed E-state index contributed by atoms with van der Waals surface area (Å²) in [6, 6.07) is 37.7. The molecule has 0 N–H and O–H groups in total. The van der Waals surface area contributed by atoms with Crippen LogP contribution in [0.2, 0.25) is 0 Å². The first-order chi connectivity index (χ1) is 37.3. The molecule has 4 bridgehead atoms. The van der Waals surface area contributed by atoms with E-state index in [-0.39, 0.29) is 11.6 Å². The zero-order chi connectivity index (χ0) is 51.3. The second-order valence-electron chi connectivity index (χ2n) is 22.1. The Hall–Kier alpha value is -7.28. The summed E-state index contributed by atoms with van der Waals surface area (Å²) >= 11 is 0. The molecule has 2 aliphatic carbocycles. The van der Waals surface area contributed by atoms with Crippen molar-refractivity contribution in [3.05, 3.63) is 156 Å². The molecule has 6 aromatic heterocycles. The molecule has 4 aliphatic heterocycles. The highest BCUT2D eigenvalue weighted by molar-refractivity contribution is 5.97. The van der Waals surface area contributed by atoms with Crippen LogP contribution in [-0.4, -0.2) is 77.0 Å². The van der Waals surface area contributed by atoms with E-state index in [1.807, 2.05) is 86.9 Å². The van der Waals surface area contributed by atoms with Gasteiger partial charge in [0.2, 0.25) is 0 Å². The lowest BCUT2D eigenvalue weighted by Crippen LogP contribution is -2.18. The number of fused-ring (bicyclic) bond motifs is 10. The van der Waals surface area contributed by atoms with E-state index < -0.39 is 0 Å². The fourth-order valence-corrected chi connectivity index (χ4v) is 13.1. The predicted octanol–water partition coefficient (Wildman–Crippen LogP) is 13.6. The van der Waals surface area contributed by atoms with Gasteiger partial charge in [-0.2, -0.15) is 0 Å². The Kier molecular flexibility index (Phi) is 13.2. The minimum atomic E-state index is 0.213. The zero-order valence-corrected chi connectivity index (χ0v) is 43.5. The molecule has 0 unspecified atom stereocenters. The maximum Gasteiger partial charge on any atom is 0.163 e. The number of imidazole rings is 2. The third-order valence-corrected chi connectivity index (χ3v) is 17.1. The topological polar surface area (TPSA) is 140 Å². The molecular weight excluding hydrogens is 945 g/mol. The Morgan fingerprint density at radius 1 is 0.474 bits per heavy atom. The summed E-state index contributed by atoms with van der Waals surface area (Å²) in [5.74, 6) is 4.80. The monoisotopic (exact) mass is 1010 g/mol. The van der Waals surface area contributed by atoms with Gasteiger partial charge in [0.25, 0.3) is 0 Å². The molecule has 14 rings (SSSR count). The van der Waals surface area contributed by atoms with Crippen molar-refractivity contribution in [2.24, 2.45) is 11.8 Å². The molecular formula is C64H64N8O4. The van der Waals surface area contributed by atoms with E-state index in [2.05, 4.69) is 57.7 Å². The number of hydrogen-bond acceptors (Lipinski definition) is 10. The Morgan fingerprint density at radius 3 is 1.30 bits per heavy atom. The Morgan fingerprint density at radius 2 is 0.895 bits per heavy atom. The first kappa shape index (κ1) is 48.4. The zero-order valence-electron chi connectivity index (χ0n) is 43.5. The number of aryl methyl sites for hydroxylation is 2. The number of ether oxygens (including phenoxy) is 2. The predicted molar refractivity (Wildman–Crippen MR) is 294 cm³/mol. The molecule has 4 atom stereocenters. The molecule has 0 radical (unpaired) electrons. The molecule has 10 heterocycles. The van der Waals surface area contributed by atoms with Crippen molar-refractivity contribution in [3.8, 4) is 67.8 Å². The van der Waals surface area contributed by atoms with Crippen LogP contribution in [0.1, 0.15) is 145 Å². The first-order valence-electron chi connectivity index (χ1n) is 27.8. The quantitative estimate of drug-likeness (QED) is 0.109. The number of rotatable bonds is 12. The van der Waals surface area contributed by atoms with Gasteiger partial charge in [0.05, 0.1) is 34.2 Å². The van der Waals surface area contributed by atoms with Crippen LogP contribution in [-0.2, 0) is 9.47 Å². The van der Waals surface area contributed by atoms with Crippen LogP contribution in [0.15, 0.2) is 122 Å². The van der Waals surface area contributed by atoms with E-state index in [1.54, 1.807) is 0 Å². The van der Waals surface area contributed by atoms with Crippen molar-refractivity contribution >= 4 is 11.6 Å². The standard InChI is InChI=1S/2C32H32N4O2/c2*1-20-3-2-4-27(34-20)30-31(36-26-10-9-25(18-26)32(36)35-30)24-11-14-33-28(19-24)22-5-7-23(8-6-22)29(37)17-21-12-15-38-16-13-21/h2*2-8,11,14,19,21,25-26H,9-10,12-13,15-18H2,1H3/t2*25-,26+/m10/s1. The van der Waals surface area contributed by atoms with E-state index in [1.165, 1.54) is 50.2 Å². The van der Waals surface area contributed by atoms with Crippen LogP contribution < -0.4 is 0 Å². The van der Waals surface area contributed by atoms with Gasteiger partial charge >= 0.3 is 0 Å². The maximum atomic E-state index is 12.9. The number of Topliss-reactive ketones (excluding diaryl/α,β-unsaturated/α-hetero) is 2. The third-order valence-electron chi connectivity index (χ3n) is 17.1. The SMILES string of the molecule is Cc1cccc(-c2nc3n(c2-c2ccnc(-c4ccc(C(=O)CC5CCOCC5)cc4)c2)[C@@H]2CC[C@H]3C2)n1.Cc1cccc(-c2nc3n(c2-c2ccnc(-c4ccc(C(=O)CC5CCOCC5)cc4)c2)[C@H]2CC[C@@H]3C2)n1. The van der Waals surface area contributed by atoms with E-state index >= 15 is 0 Å². The van der Waals surface area contributed by atoms with Gasteiger partial charge in [-0.05, 0) is 138 Å². The smallest absolute Gasteiger partial charge is 0.163 e. The molecule has 12 nitrogen and oxygen atoms in total. The van der Waals surface area contributed by atoms with Gasteiger partial charge in [0.15, 0.2) is 11.6 Å². The van der Waals surface area contributed by atoms with Crippen LogP contribution >= 0.6 is 0 Å². The van der Waals surface area contributed by atoms with Crippen LogP contribution in [0.4, 0.5) is 0 Å². The Balaban J connectivity index is 0.000000146. The van der Waals surface area contributed by atoms with E-state index in [0.29, 0.717) is 48.6 Å². The number of ketones is 2. The molecule has 4 fully saturated rings. The van der Waals surface area contributed by atoms with Crippen molar-refractivity contribution in [2.75, 3.05) is 26.4 Å². The second-order valence-corrected chi connectivity index (χ2v) is 22.1. The summed E-state index contributed by atoms with van der Waals surface area (Å²) in [6.07, 6.45) is 16.1. The number of aromatic nitrogens is 8. The van der Waals surface area contributed by atoms with Crippen molar-refractivity contribution in [2.45, 2.75) is 115 Å². The van der Waals surface area contributed by atoms with E-state index in [0.717, 1.165) is 142 Å². The van der Waals surface area contributed by atoms with Crippen molar-refractivity contribution < 1.29 is 19.1 Å². The van der Waals surface area contributed by atoms with Gasteiger partial charge in [0.1, 0.15) is 23.0 Å². The van der Waals surface area contributed by atoms with Gasteiger partial charge in [-0.15, -0.1) is 0 Å². The first-order valence-corrected chi connectivity index (χ1v) is 27.8. The fourth-order valence-electron chi connectivity index (χ4n) is 13.1. The summed E-state index contributed by atoms with van der Waals surface area (Å²) in [6.45, 7) is 7.12. The van der Waals surface area contributed by atoms with Gasteiger partial charge < -0.3 is 18.6 Å². The molecule has 384 valence electrons. The largest absolute Gasteiger partial charge is 0.381 e. The molecule has 8 aromatic rings. The maximum absolute atomic E-state index is 12.9. The summed E-state index contributed by atoms with van der Waals surface area (Å²) in [5, 5.41) is 0. The van der Waals surface area contributed by atoms with Gasteiger partial charge in [-0.25, -0.2) is 9.97 Å². The highest BCUT2D eigenvalue weighted by Crippen LogP contribution is 2.54. The van der Waals surface area contributed by atoms with Crippen molar-refractivity contribution in [1.82, 2.24) is 39.0 Å². The van der Waals surface area contributed by atoms with Crippen LogP contribution in [0.3, 0.4) is 0 Å². The van der Waals surface area contributed by atoms with Gasteiger partial charge in [-0.1, -0.05) is 60.7 Å². The average Bonchev–Trinajstić information content (AvgIpc) is 4.47. The summed E-state index contributed by atoms with van der Waals surface area (Å²) < 4.78 is 15.8. The van der Waals surface area contributed by atoms with Crippen molar-refractivity contribution in [3.63, 3.8) is 0 Å². The minimum absolute atomic E-state index is 0.213. The number of benzene rings is 2.